The second-order valence-electron chi connectivity index (χ2n) is 4.06. The van der Waals surface area contributed by atoms with Crippen LogP contribution in [0.15, 0.2) is 30.6 Å². The largest absolute Gasteiger partial charge is 0.331 e. The number of carbonyl (C=O) groups excluding carboxylic acids is 2. The van der Waals surface area contributed by atoms with Gasteiger partial charge in [0.1, 0.15) is 0 Å². The van der Waals surface area contributed by atoms with Gasteiger partial charge in [0, 0.05) is 24.5 Å². The van der Waals surface area contributed by atoms with Gasteiger partial charge < -0.3 is 9.88 Å². The molecule has 0 saturated carbocycles. The van der Waals surface area contributed by atoms with Crippen molar-refractivity contribution in [2.45, 2.75) is 0 Å². The lowest BCUT2D eigenvalue weighted by Crippen LogP contribution is -2.17. The summed E-state index contributed by atoms with van der Waals surface area (Å²) in [5.41, 5.74) is 0.716. The predicted octanol–water partition coefficient (Wildman–Crippen LogP) is 2.64. The molecule has 0 fully saturated rings. The molecule has 0 bridgehead atoms. The van der Waals surface area contributed by atoms with Gasteiger partial charge in [-0.25, -0.2) is 4.98 Å². The molecule has 1 aromatic heterocycles. The van der Waals surface area contributed by atoms with E-state index in [1.165, 1.54) is 12.3 Å². The van der Waals surface area contributed by atoms with Crippen molar-refractivity contribution in [1.82, 2.24) is 9.55 Å². The standard InChI is InChI=1S/C13H11BrClN3O2/c1-18-5-4-16-13(18)12(20)9-6-8(15)2-3-10(9)17-11(19)7-14/h2-6H,7H2,1H3,(H,17,19). The molecule has 2 aromatic rings. The number of nitrogens with one attached hydrogen (secondary N) is 1. The molecule has 7 heteroatoms. The Morgan fingerprint density at radius 2 is 2.20 bits per heavy atom. The highest BCUT2D eigenvalue weighted by Crippen LogP contribution is 2.23. The SMILES string of the molecule is Cn1ccnc1C(=O)c1cc(Cl)ccc1NC(=O)CBr. The van der Waals surface area contributed by atoms with Crippen molar-refractivity contribution in [2.24, 2.45) is 7.05 Å². The molecule has 1 N–H and O–H groups in total. The monoisotopic (exact) mass is 355 g/mol. The van der Waals surface area contributed by atoms with E-state index in [9.17, 15) is 9.59 Å². The van der Waals surface area contributed by atoms with Crippen LogP contribution in [0.25, 0.3) is 0 Å². The zero-order valence-electron chi connectivity index (χ0n) is 10.6. The first kappa shape index (κ1) is 14.7. The van der Waals surface area contributed by atoms with Crippen molar-refractivity contribution in [1.29, 1.82) is 0 Å². The Bertz CT molecular complexity index is 669. The number of alkyl halides is 1. The minimum Gasteiger partial charge on any atom is -0.331 e. The molecule has 0 aliphatic rings. The smallest absolute Gasteiger partial charge is 0.235 e. The minimum absolute atomic E-state index is 0.145. The summed E-state index contributed by atoms with van der Waals surface area (Å²) >= 11 is 8.99. The number of nitrogens with zero attached hydrogens (tertiary/aromatic N) is 2. The van der Waals surface area contributed by atoms with Crippen LogP contribution in [0.4, 0.5) is 5.69 Å². The molecule has 0 saturated heterocycles. The Balaban J connectivity index is 2.44. The summed E-state index contributed by atoms with van der Waals surface area (Å²) in [6.45, 7) is 0. The fourth-order valence-corrected chi connectivity index (χ4v) is 2.01. The normalized spacial score (nSPS) is 10.3. The van der Waals surface area contributed by atoms with E-state index in [0.717, 1.165) is 0 Å². The summed E-state index contributed by atoms with van der Waals surface area (Å²) in [6.07, 6.45) is 3.21. The van der Waals surface area contributed by atoms with Gasteiger partial charge in [-0.15, -0.1) is 0 Å². The molecule has 0 unspecified atom stereocenters. The highest BCUT2D eigenvalue weighted by molar-refractivity contribution is 9.09. The summed E-state index contributed by atoms with van der Waals surface area (Å²) in [4.78, 5) is 27.9. The lowest BCUT2D eigenvalue weighted by Gasteiger charge is -2.10. The van der Waals surface area contributed by atoms with Crippen molar-refractivity contribution in [3.05, 3.63) is 47.0 Å². The quantitative estimate of drug-likeness (QED) is 0.676. The first-order valence-electron chi connectivity index (χ1n) is 5.70. The van der Waals surface area contributed by atoms with Crippen LogP contribution in [0.2, 0.25) is 5.02 Å². The Morgan fingerprint density at radius 1 is 1.45 bits per heavy atom. The van der Waals surface area contributed by atoms with Crippen LogP contribution in [-0.2, 0) is 11.8 Å². The maximum atomic E-state index is 12.5. The van der Waals surface area contributed by atoms with E-state index in [-0.39, 0.29) is 22.8 Å². The number of anilines is 1. The highest BCUT2D eigenvalue weighted by Gasteiger charge is 2.19. The van der Waals surface area contributed by atoms with Gasteiger partial charge in [-0.05, 0) is 18.2 Å². The van der Waals surface area contributed by atoms with Gasteiger partial charge >= 0.3 is 0 Å². The number of hydrogen-bond donors (Lipinski definition) is 1. The van der Waals surface area contributed by atoms with Gasteiger partial charge in [0.15, 0.2) is 5.82 Å². The summed E-state index contributed by atoms with van der Waals surface area (Å²) in [7, 11) is 1.72. The van der Waals surface area contributed by atoms with Gasteiger partial charge in [-0.3, -0.25) is 9.59 Å². The van der Waals surface area contributed by atoms with Crippen LogP contribution >= 0.6 is 27.5 Å². The first-order valence-corrected chi connectivity index (χ1v) is 7.20. The lowest BCUT2D eigenvalue weighted by molar-refractivity contribution is -0.113. The highest BCUT2D eigenvalue weighted by atomic mass is 79.9. The van der Waals surface area contributed by atoms with Gasteiger partial charge in [0.25, 0.3) is 0 Å². The molecule has 1 aromatic carbocycles. The van der Waals surface area contributed by atoms with Crippen LogP contribution in [0.5, 0.6) is 0 Å². The van der Waals surface area contributed by atoms with E-state index < -0.39 is 0 Å². The molecule has 0 atom stereocenters. The van der Waals surface area contributed by atoms with Crippen LogP contribution in [0, 0.1) is 0 Å². The molecule has 0 spiro atoms. The number of imidazole rings is 1. The fourth-order valence-electron chi connectivity index (χ4n) is 1.70. The molecule has 0 radical (unpaired) electrons. The molecule has 20 heavy (non-hydrogen) atoms. The number of rotatable bonds is 4. The van der Waals surface area contributed by atoms with E-state index in [2.05, 4.69) is 26.2 Å². The van der Waals surface area contributed by atoms with E-state index in [1.807, 2.05) is 0 Å². The molecule has 0 aliphatic heterocycles. The van der Waals surface area contributed by atoms with E-state index in [4.69, 9.17) is 11.6 Å². The van der Waals surface area contributed by atoms with Crippen molar-refractivity contribution in [3.8, 4) is 0 Å². The Kier molecular flexibility index (Phi) is 4.57. The predicted molar refractivity (Wildman–Crippen MR) is 80.5 cm³/mol. The summed E-state index contributed by atoms with van der Waals surface area (Å²) in [5.74, 6) is -0.271. The van der Waals surface area contributed by atoms with Gasteiger partial charge in [0.2, 0.25) is 11.7 Å². The second-order valence-corrected chi connectivity index (χ2v) is 5.06. The Hall–Kier alpha value is -1.66. The molecule has 1 heterocycles. The van der Waals surface area contributed by atoms with Crippen molar-refractivity contribution >= 4 is 44.9 Å². The summed E-state index contributed by atoms with van der Waals surface area (Å²) < 4.78 is 1.61. The average Bonchev–Trinajstić information content (AvgIpc) is 2.86. The zero-order valence-corrected chi connectivity index (χ0v) is 12.9. The number of benzene rings is 1. The number of amides is 1. The zero-order chi connectivity index (χ0) is 14.7. The van der Waals surface area contributed by atoms with E-state index in [0.29, 0.717) is 16.3 Å². The number of hydrogen-bond acceptors (Lipinski definition) is 3. The average molecular weight is 357 g/mol. The van der Waals surface area contributed by atoms with Crippen LogP contribution in [0.3, 0.4) is 0 Å². The minimum atomic E-state index is -0.301. The van der Waals surface area contributed by atoms with Gasteiger partial charge in [-0.1, -0.05) is 27.5 Å². The number of ketones is 1. The van der Waals surface area contributed by atoms with Crippen LogP contribution < -0.4 is 5.32 Å². The van der Waals surface area contributed by atoms with Crippen molar-refractivity contribution < 1.29 is 9.59 Å². The summed E-state index contributed by atoms with van der Waals surface area (Å²) in [6, 6.07) is 4.72. The Morgan fingerprint density at radius 3 is 2.80 bits per heavy atom. The fraction of sp³-hybridized carbons (Fsp3) is 0.154. The third kappa shape index (κ3) is 3.08. The summed E-state index contributed by atoms with van der Waals surface area (Å²) in [5, 5.41) is 3.21. The third-order valence-corrected chi connectivity index (χ3v) is 3.39. The number of halogens is 2. The molecule has 0 aliphatic carbocycles. The third-order valence-electron chi connectivity index (χ3n) is 2.65. The maximum absolute atomic E-state index is 12.5. The molecular weight excluding hydrogens is 346 g/mol. The number of aromatic nitrogens is 2. The van der Waals surface area contributed by atoms with Crippen LogP contribution in [0.1, 0.15) is 16.2 Å². The van der Waals surface area contributed by atoms with Gasteiger partial charge in [-0.2, -0.15) is 0 Å². The van der Waals surface area contributed by atoms with E-state index >= 15 is 0 Å². The van der Waals surface area contributed by atoms with Crippen molar-refractivity contribution in [2.75, 3.05) is 10.6 Å². The lowest BCUT2D eigenvalue weighted by atomic mass is 10.1. The van der Waals surface area contributed by atoms with Crippen LogP contribution in [-0.4, -0.2) is 26.6 Å². The first-order chi connectivity index (χ1) is 9.52. The maximum Gasteiger partial charge on any atom is 0.235 e. The molecule has 1 amide bonds. The molecular formula is C13H11BrClN3O2. The molecule has 5 nitrogen and oxygen atoms in total. The Labute approximate surface area is 129 Å². The number of aryl methyl sites for hydroxylation is 1. The topological polar surface area (TPSA) is 64.0 Å². The second kappa shape index (κ2) is 6.19. The van der Waals surface area contributed by atoms with Gasteiger partial charge in [0.05, 0.1) is 16.6 Å². The molecule has 104 valence electrons. The van der Waals surface area contributed by atoms with E-state index in [1.54, 1.807) is 29.9 Å². The number of carbonyl (C=O) groups is 2. The van der Waals surface area contributed by atoms with Crippen molar-refractivity contribution in [3.63, 3.8) is 0 Å². The molecule has 2 rings (SSSR count).